The molecule has 0 atom stereocenters. The van der Waals surface area contributed by atoms with E-state index in [0.29, 0.717) is 0 Å². The minimum atomic E-state index is 1.11. The molecule has 0 amide bonds. The van der Waals surface area contributed by atoms with Gasteiger partial charge in [0.15, 0.2) is 0 Å². The molecule has 0 saturated carbocycles. The number of aryl methyl sites for hydroxylation is 2. The van der Waals surface area contributed by atoms with Crippen molar-refractivity contribution in [2.75, 3.05) is 31.1 Å². The van der Waals surface area contributed by atoms with Gasteiger partial charge >= 0.3 is 0 Å². The summed E-state index contributed by atoms with van der Waals surface area (Å²) in [6.45, 7) is 14.6. The van der Waals surface area contributed by atoms with Gasteiger partial charge in [0, 0.05) is 43.3 Å². The molecule has 0 aliphatic carbocycles. The van der Waals surface area contributed by atoms with Crippen LogP contribution in [0.25, 0.3) is 0 Å². The van der Waals surface area contributed by atoms with Crippen LogP contribution in [-0.4, -0.2) is 31.1 Å². The summed E-state index contributed by atoms with van der Waals surface area (Å²) in [5, 5.41) is 2.34. The first-order valence-corrected chi connectivity index (χ1v) is 9.01. The van der Waals surface area contributed by atoms with E-state index in [1.54, 1.807) is 0 Å². The zero-order valence-electron chi connectivity index (χ0n) is 14.1. The Morgan fingerprint density at radius 1 is 0.955 bits per heavy atom. The van der Waals surface area contributed by atoms with Gasteiger partial charge in [-0.15, -0.1) is 11.3 Å². The average Bonchev–Trinajstić information content (AvgIpc) is 2.83. The van der Waals surface area contributed by atoms with Gasteiger partial charge in [-0.25, -0.2) is 0 Å². The van der Waals surface area contributed by atoms with E-state index in [2.05, 4.69) is 61.1 Å². The first-order chi connectivity index (χ1) is 10.6. The molecule has 3 heteroatoms. The number of rotatable bonds is 3. The maximum absolute atomic E-state index is 2.59. The highest BCUT2D eigenvalue weighted by atomic mass is 32.1. The molecule has 1 saturated heterocycles. The second-order valence-corrected chi connectivity index (χ2v) is 7.51. The van der Waals surface area contributed by atoms with Crippen LogP contribution in [-0.2, 0) is 6.54 Å². The minimum Gasteiger partial charge on any atom is -0.369 e. The monoisotopic (exact) mass is 314 g/mol. The largest absolute Gasteiger partial charge is 0.369 e. The smallest absolute Gasteiger partial charge is 0.0399 e. The standard InChI is InChI=1S/C19H26N2S/c1-14-6-5-7-19(15(14)2)21-10-8-20(9-11-21)12-18-13-22-17(4)16(18)3/h5-7,13H,8-12H2,1-4H3. The van der Waals surface area contributed by atoms with E-state index in [4.69, 9.17) is 0 Å². The van der Waals surface area contributed by atoms with Crippen molar-refractivity contribution >= 4 is 17.0 Å². The first kappa shape index (κ1) is 15.6. The van der Waals surface area contributed by atoms with Gasteiger partial charge in [-0.05, 0) is 61.4 Å². The van der Waals surface area contributed by atoms with Gasteiger partial charge in [-0.1, -0.05) is 12.1 Å². The van der Waals surface area contributed by atoms with Crippen molar-refractivity contribution in [1.29, 1.82) is 0 Å². The van der Waals surface area contributed by atoms with E-state index < -0.39 is 0 Å². The summed E-state index contributed by atoms with van der Waals surface area (Å²) < 4.78 is 0. The van der Waals surface area contributed by atoms with Crippen LogP contribution >= 0.6 is 11.3 Å². The van der Waals surface area contributed by atoms with Crippen LogP contribution in [0, 0.1) is 27.7 Å². The number of hydrogen-bond acceptors (Lipinski definition) is 3. The summed E-state index contributed by atoms with van der Waals surface area (Å²) in [6.07, 6.45) is 0. The van der Waals surface area contributed by atoms with E-state index >= 15 is 0 Å². The topological polar surface area (TPSA) is 6.48 Å². The molecular weight excluding hydrogens is 288 g/mol. The highest BCUT2D eigenvalue weighted by Crippen LogP contribution is 2.25. The number of piperazine rings is 1. The molecule has 1 aromatic carbocycles. The van der Waals surface area contributed by atoms with Crippen LogP contribution in [0.1, 0.15) is 27.1 Å². The maximum atomic E-state index is 2.59. The second kappa shape index (κ2) is 6.43. The summed E-state index contributed by atoms with van der Waals surface area (Å²) >= 11 is 1.88. The molecule has 118 valence electrons. The van der Waals surface area contributed by atoms with E-state index in [1.807, 2.05) is 11.3 Å². The maximum Gasteiger partial charge on any atom is 0.0399 e. The Hall–Kier alpha value is -1.32. The van der Waals surface area contributed by atoms with E-state index in [-0.39, 0.29) is 0 Å². The van der Waals surface area contributed by atoms with Crippen molar-refractivity contribution in [3.8, 4) is 0 Å². The number of hydrogen-bond donors (Lipinski definition) is 0. The zero-order chi connectivity index (χ0) is 15.7. The van der Waals surface area contributed by atoms with Crippen molar-refractivity contribution in [1.82, 2.24) is 4.90 Å². The number of benzene rings is 1. The van der Waals surface area contributed by atoms with Crippen molar-refractivity contribution in [3.05, 3.63) is 50.7 Å². The summed E-state index contributed by atoms with van der Waals surface area (Å²) in [4.78, 5) is 6.60. The fourth-order valence-electron chi connectivity index (χ4n) is 3.18. The molecule has 2 nitrogen and oxygen atoms in total. The Morgan fingerprint density at radius 3 is 2.32 bits per heavy atom. The fourth-order valence-corrected chi connectivity index (χ4v) is 4.06. The molecule has 1 fully saturated rings. The van der Waals surface area contributed by atoms with Gasteiger partial charge in [0.25, 0.3) is 0 Å². The highest BCUT2D eigenvalue weighted by molar-refractivity contribution is 7.10. The van der Waals surface area contributed by atoms with Gasteiger partial charge in [0.05, 0.1) is 0 Å². The lowest BCUT2D eigenvalue weighted by Gasteiger charge is -2.37. The predicted octanol–water partition coefficient (Wildman–Crippen LogP) is 4.30. The fraction of sp³-hybridized carbons (Fsp3) is 0.474. The van der Waals surface area contributed by atoms with Gasteiger partial charge in [-0.2, -0.15) is 0 Å². The zero-order valence-corrected chi connectivity index (χ0v) is 15.0. The molecule has 0 radical (unpaired) electrons. The van der Waals surface area contributed by atoms with Gasteiger partial charge in [-0.3, -0.25) is 4.90 Å². The molecule has 0 N–H and O–H groups in total. The molecule has 22 heavy (non-hydrogen) atoms. The summed E-state index contributed by atoms with van der Waals surface area (Å²) in [7, 11) is 0. The molecule has 1 aromatic heterocycles. The number of anilines is 1. The van der Waals surface area contributed by atoms with Crippen molar-refractivity contribution in [2.24, 2.45) is 0 Å². The molecule has 0 unspecified atom stereocenters. The highest BCUT2D eigenvalue weighted by Gasteiger charge is 2.19. The summed E-state index contributed by atoms with van der Waals surface area (Å²) in [5.74, 6) is 0. The van der Waals surface area contributed by atoms with E-state index in [1.165, 1.54) is 32.8 Å². The van der Waals surface area contributed by atoms with E-state index in [0.717, 1.165) is 32.7 Å². The van der Waals surface area contributed by atoms with Crippen LogP contribution in [0.5, 0.6) is 0 Å². The lowest BCUT2D eigenvalue weighted by atomic mass is 10.1. The third kappa shape index (κ3) is 3.06. The summed E-state index contributed by atoms with van der Waals surface area (Å²) in [6, 6.07) is 6.66. The second-order valence-electron chi connectivity index (χ2n) is 6.42. The molecule has 1 aliphatic heterocycles. The van der Waals surface area contributed by atoms with Crippen LogP contribution in [0.2, 0.25) is 0 Å². The van der Waals surface area contributed by atoms with Crippen LogP contribution < -0.4 is 4.90 Å². The Kier molecular flexibility index (Phi) is 4.55. The van der Waals surface area contributed by atoms with Crippen molar-refractivity contribution in [3.63, 3.8) is 0 Å². The molecular formula is C19H26N2S. The molecule has 3 rings (SSSR count). The van der Waals surface area contributed by atoms with Gasteiger partial charge in [0.2, 0.25) is 0 Å². The molecule has 1 aliphatic rings. The molecule has 2 heterocycles. The van der Waals surface area contributed by atoms with E-state index in [9.17, 15) is 0 Å². The Labute approximate surface area is 138 Å². The lowest BCUT2D eigenvalue weighted by molar-refractivity contribution is 0.249. The predicted molar refractivity (Wildman–Crippen MR) is 97.2 cm³/mol. The first-order valence-electron chi connectivity index (χ1n) is 8.13. The summed E-state index contributed by atoms with van der Waals surface area (Å²) in [5.41, 5.74) is 7.25. The molecule has 0 spiro atoms. The normalized spacial score (nSPS) is 16.3. The Balaban J connectivity index is 1.63. The number of thiophene rings is 1. The minimum absolute atomic E-state index is 1.11. The molecule has 2 aromatic rings. The SMILES string of the molecule is Cc1cccc(N2CCN(Cc3csc(C)c3C)CC2)c1C. The van der Waals surface area contributed by atoms with Crippen LogP contribution in [0.4, 0.5) is 5.69 Å². The molecule has 0 bridgehead atoms. The lowest BCUT2D eigenvalue weighted by Crippen LogP contribution is -2.46. The Morgan fingerprint density at radius 2 is 1.68 bits per heavy atom. The van der Waals surface area contributed by atoms with Gasteiger partial charge < -0.3 is 4.90 Å². The quantitative estimate of drug-likeness (QED) is 0.833. The van der Waals surface area contributed by atoms with Crippen molar-refractivity contribution in [2.45, 2.75) is 34.2 Å². The van der Waals surface area contributed by atoms with Crippen LogP contribution in [0.15, 0.2) is 23.6 Å². The average molecular weight is 314 g/mol. The third-order valence-corrected chi connectivity index (χ3v) is 6.13. The van der Waals surface area contributed by atoms with Gasteiger partial charge in [0.1, 0.15) is 0 Å². The Bertz CT molecular complexity index is 651. The number of nitrogens with zero attached hydrogens (tertiary/aromatic N) is 2. The van der Waals surface area contributed by atoms with Crippen LogP contribution in [0.3, 0.4) is 0 Å². The van der Waals surface area contributed by atoms with Crippen molar-refractivity contribution < 1.29 is 0 Å². The third-order valence-electron chi connectivity index (χ3n) is 5.07.